The largest absolute Gasteiger partial charge is 0.506 e. The predicted octanol–water partition coefficient (Wildman–Crippen LogP) is 1.32. The molecule has 2 N–H and O–H groups in total. The molecule has 3 rings (SSSR count). The minimum Gasteiger partial charge on any atom is -0.506 e. The molecule has 7 nitrogen and oxygen atoms in total. The summed E-state index contributed by atoms with van der Waals surface area (Å²) in [5.41, 5.74) is 1.44. The number of nitrogens with zero attached hydrogens (tertiary/aromatic N) is 3. The summed E-state index contributed by atoms with van der Waals surface area (Å²) in [5, 5.41) is 16.6. The minimum absolute atomic E-state index is 0.00658. The Balaban J connectivity index is 1.49. The van der Waals surface area contributed by atoms with E-state index in [1.165, 1.54) is 10.7 Å². The van der Waals surface area contributed by atoms with Crippen molar-refractivity contribution < 1.29 is 9.90 Å². The van der Waals surface area contributed by atoms with Gasteiger partial charge in [-0.1, -0.05) is 17.7 Å². The zero-order valence-corrected chi connectivity index (χ0v) is 15.2. The quantitative estimate of drug-likeness (QED) is 0.821. The van der Waals surface area contributed by atoms with Crippen LogP contribution >= 0.6 is 11.6 Å². The summed E-state index contributed by atoms with van der Waals surface area (Å²) >= 11 is 5.86. The molecule has 1 fully saturated rings. The molecule has 0 unspecified atom stereocenters. The average molecular weight is 377 g/mol. The molecule has 1 aliphatic rings. The number of aromatic nitrogens is 2. The Morgan fingerprint density at radius 3 is 2.96 bits per heavy atom. The number of anilines is 1. The van der Waals surface area contributed by atoms with Crippen LogP contribution in [0, 0.1) is 5.92 Å². The molecule has 2 heterocycles. The fourth-order valence-corrected chi connectivity index (χ4v) is 3.24. The smallest absolute Gasteiger partial charge is 0.268 e. The highest BCUT2D eigenvalue weighted by Gasteiger charge is 2.23. The van der Waals surface area contributed by atoms with Crippen molar-refractivity contribution >= 4 is 23.2 Å². The molecule has 1 atom stereocenters. The van der Waals surface area contributed by atoms with Gasteiger partial charge in [-0.15, -0.1) is 0 Å². The van der Waals surface area contributed by atoms with Gasteiger partial charge in [-0.3, -0.25) is 9.59 Å². The molecule has 0 saturated carbocycles. The van der Waals surface area contributed by atoms with E-state index in [1.54, 1.807) is 31.4 Å². The lowest BCUT2D eigenvalue weighted by Gasteiger charge is -2.18. The lowest BCUT2D eigenvalue weighted by Crippen LogP contribution is -2.32. The van der Waals surface area contributed by atoms with E-state index in [4.69, 9.17) is 11.6 Å². The second-order valence-corrected chi connectivity index (χ2v) is 6.95. The van der Waals surface area contributed by atoms with Crippen molar-refractivity contribution in [3.8, 4) is 5.75 Å². The van der Waals surface area contributed by atoms with Crippen LogP contribution in [0.5, 0.6) is 5.75 Å². The molecule has 1 amide bonds. The van der Waals surface area contributed by atoms with E-state index >= 15 is 0 Å². The lowest BCUT2D eigenvalue weighted by atomic mass is 10.1. The number of rotatable bonds is 5. The number of carbonyl (C=O) groups is 1. The van der Waals surface area contributed by atoms with Gasteiger partial charge < -0.3 is 15.3 Å². The number of halogens is 1. The van der Waals surface area contributed by atoms with Crippen molar-refractivity contribution in [2.24, 2.45) is 13.0 Å². The van der Waals surface area contributed by atoms with Crippen LogP contribution < -0.4 is 15.8 Å². The number of hydrogen-bond acceptors (Lipinski definition) is 5. The highest BCUT2D eigenvalue weighted by molar-refractivity contribution is 6.32. The normalized spacial score (nSPS) is 16.7. The van der Waals surface area contributed by atoms with Gasteiger partial charge in [-0.2, -0.15) is 5.10 Å². The third kappa shape index (κ3) is 4.35. The fourth-order valence-electron chi connectivity index (χ4n) is 3.03. The molecule has 1 aromatic carbocycles. The molecule has 138 valence electrons. The van der Waals surface area contributed by atoms with Gasteiger partial charge in [0.05, 0.1) is 23.3 Å². The summed E-state index contributed by atoms with van der Waals surface area (Å²) in [7, 11) is 1.62. The maximum atomic E-state index is 12.1. The van der Waals surface area contributed by atoms with E-state index in [1.807, 2.05) is 0 Å². The van der Waals surface area contributed by atoms with Gasteiger partial charge in [0.25, 0.3) is 5.56 Å². The van der Waals surface area contributed by atoms with Crippen LogP contribution in [0.1, 0.15) is 12.0 Å². The number of nitrogens with one attached hydrogen (secondary N) is 1. The molecule has 1 saturated heterocycles. The summed E-state index contributed by atoms with van der Waals surface area (Å²) in [6, 6.07) is 6.35. The van der Waals surface area contributed by atoms with Crippen molar-refractivity contribution in [2.45, 2.75) is 12.8 Å². The van der Waals surface area contributed by atoms with Crippen molar-refractivity contribution in [1.82, 2.24) is 15.1 Å². The zero-order chi connectivity index (χ0) is 18.7. The number of benzene rings is 1. The average Bonchev–Trinajstić information content (AvgIpc) is 3.08. The second kappa shape index (κ2) is 7.78. The number of carbonyl (C=O) groups excluding carboxylic acids is 1. The van der Waals surface area contributed by atoms with E-state index in [-0.39, 0.29) is 28.7 Å². The number of aromatic hydroxyl groups is 1. The van der Waals surface area contributed by atoms with E-state index in [9.17, 15) is 14.7 Å². The molecular formula is C18H21ClN4O3. The summed E-state index contributed by atoms with van der Waals surface area (Å²) in [4.78, 5) is 25.9. The summed E-state index contributed by atoms with van der Waals surface area (Å²) < 4.78 is 1.30. The molecule has 8 heteroatoms. The molecular weight excluding hydrogens is 356 g/mol. The maximum Gasteiger partial charge on any atom is 0.268 e. The number of amides is 1. The first-order valence-electron chi connectivity index (χ1n) is 8.45. The molecule has 1 aliphatic heterocycles. The lowest BCUT2D eigenvalue weighted by molar-refractivity contribution is -0.120. The van der Waals surface area contributed by atoms with Gasteiger partial charge in [0.1, 0.15) is 5.75 Å². The highest BCUT2D eigenvalue weighted by Crippen LogP contribution is 2.24. The minimum atomic E-state index is -0.133. The first kappa shape index (κ1) is 18.3. The fraction of sp³-hybridized carbons (Fsp3) is 0.389. The van der Waals surface area contributed by atoms with Crippen molar-refractivity contribution in [3.63, 3.8) is 0 Å². The zero-order valence-electron chi connectivity index (χ0n) is 14.5. The van der Waals surface area contributed by atoms with Crippen LogP contribution in [0.2, 0.25) is 5.02 Å². The Morgan fingerprint density at radius 2 is 2.23 bits per heavy atom. The van der Waals surface area contributed by atoms with Crippen LogP contribution in [0.15, 0.2) is 35.3 Å². The molecule has 26 heavy (non-hydrogen) atoms. The molecule has 0 bridgehead atoms. The third-order valence-electron chi connectivity index (χ3n) is 4.57. The Bertz CT molecular complexity index is 868. The number of aryl methyl sites for hydroxylation is 1. The Hall–Kier alpha value is -2.54. The van der Waals surface area contributed by atoms with Crippen molar-refractivity contribution in [2.75, 3.05) is 24.5 Å². The highest BCUT2D eigenvalue weighted by atomic mass is 35.5. The van der Waals surface area contributed by atoms with Crippen molar-refractivity contribution in [1.29, 1.82) is 0 Å². The number of hydrogen-bond donors (Lipinski definition) is 2. The first-order chi connectivity index (χ1) is 12.4. The van der Waals surface area contributed by atoms with Gasteiger partial charge in [0.2, 0.25) is 5.91 Å². The Kier molecular flexibility index (Phi) is 5.46. The summed E-state index contributed by atoms with van der Waals surface area (Å²) in [6.45, 7) is 2.20. The van der Waals surface area contributed by atoms with Crippen LogP contribution in [0.4, 0.5) is 5.69 Å². The van der Waals surface area contributed by atoms with E-state index in [0.717, 1.165) is 30.8 Å². The molecule has 2 aromatic rings. The predicted molar refractivity (Wildman–Crippen MR) is 99.6 cm³/mol. The summed E-state index contributed by atoms with van der Waals surface area (Å²) in [6.07, 6.45) is 2.85. The molecule has 0 spiro atoms. The van der Waals surface area contributed by atoms with Gasteiger partial charge in [-0.25, -0.2) is 4.68 Å². The number of phenols is 1. The molecule has 0 aliphatic carbocycles. The SMILES string of the molecule is Cn1ncc(N2CC[C@H](CNC(=O)Cc3ccc(O)c(Cl)c3)C2)cc1=O. The monoisotopic (exact) mass is 376 g/mol. The van der Waals surface area contributed by atoms with Crippen LogP contribution in [-0.2, 0) is 18.3 Å². The Morgan fingerprint density at radius 1 is 1.42 bits per heavy atom. The van der Waals surface area contributed by atoms with Gasteiger partial charge in [-0.05, 0) is 30.0 Å². The van der Waals surface area contributed by atoms with Gasteiger partial charge >= 0.3 is 0 Å². The van der Waals surface area contributed by atoms with E-state index in [2.05, 4.69) is 15.3 Å². The standard InChI is InChI=1S/C18H21ClN4O3/c1-22-18(26)8-14(10-21-22)23-5-4-13(11-23)9-20-17(25)7-12-2-3-16(24)15(19)6-12/h2-3,6,8,10,13,24H,4-5,7,9,11H2,1H3,(H,20,25)/t13-/m1/s1. The second-order valence-electron chi connectivity index (χ2n) is 6.54. The van der Waals surface area contributed by atoms with Crippen LogP contribution in [-0.4, -0.2) is 40.4 Å². The van der Waals surface area contributed by atoms with E-state index < -0.39 is 0 Å². The number of phenolic OH excluding ortho intramolecular Hbond substituents is 1. The molecule has 1 aromatic heterocycles. The topological polar surface area (TPSA) is 87.5 Å². The Labute approximate surface area is 156 Å². The van der Waals surface area contributed by atoms with Crippen molar-refractivity contribution in [3.05, 3.63) is 51.4 Å². The van der Waals surface area contributed by atoms with E-state index in [0.29, 0.717) is 12.5 Å². The van der Waals surface area contributed by atoms with Crippen LogP contribution in [0.3, 0.4) is 0 Å². The maximum absolute atomic E-state index is 12.1. The van der Waals surface area contributed by atoms with Gasteiger partial charge in [0.15, 0.2) is 0 Å². The van der Waals surface area contributed by atoms with Gasteiger partial charge in [0, 0.05) is 32.7 Å². The van der Waals surface area contributed by atoms with Crippen LogP contribution in [0.25, 0.3) is 0 Å². The summed E-state index contributed by atoms with van der Waals surface area (Å²) in [5.74, 6) is 0.249. The third-order valence-corrected chi connectivity index (χ3v) is 4.87. The first-order valence-corrected chi connectivity index (χ1v) is 8.82. The molecule has 0 radical (unpaired) electrons.